The SMILES string of the molecule is COCCCn1ccnc1NC(C)c1ccc(C)c(F)c1. The Labute approximate surface area is 125 Å². The molecule has 0 amide bonds. The predicted octanol–water partition coefficient (Wildman–Crippen LogP) is 3.54. The third-order valence-corrected chi connectivity index (χ3v) is 3.50. The minimum absolute atomic E-state index is 0.0105. The summed E-state index contributed by atoms with van der Waals surface area (Å²) < 4.78 is 20.7. The van der Waals surface area contributed by atoms with Gasteiger partial charge in [0.15, 0.2) is 0 Å². The molecule has 0 saturated carbocycles. The number of imidazole rings is 1. The van der Waals surface area contributed by atoms with Crippen LogP contribution in [0.1, 0.15) is 30.5 Å². The van der Waals surface area contributed by atoms with E-state index in [1.54, 1.807) is 32.4 Å². The zero-order chi connectivity index (χ0) is 15.2. The second-order valence-corrected chi connectivity index (χ2v) is 5.17. The van der Waals surface area contributed by atoms with E-state index in [4.69, 9.17) is 4.74 Å². The van der Waals surface area contributed by atoms with Crippen molar-refractivity contribution in [1.29, 1.82) is 0 Å². The number of ether oxygens (including phenoxy) is 1. The Morgan fingerprint density at radius 2 is 2.24 bits per heavy atom. The van der Waals surface area contributed by atoms with Gasteiger partial charge in [0, 0.05) is 32.7 Å². The molecule has 0 aliphatic heterocycles. The molecule has 21 heavy (non-hydrogen) atoms. The first-order valence-corrected chi connectivity index (χ1v) is 7.14. The van der Waals surface area contributed by atoms with Gasteiger partial charge in [-0.2, -0.15) is 0 Å². The summed E-state index contributed by atoms with van der Waals surface area (Å²) in [5, 5.41) is 3.32. The number of rotatable bonds is 7. The van der Waals surface area contributed by atoms with Gasteiger partial charge in [-0.15, -0.1) is 0 Å². The highest BCUT2D eigenvalue weighted by Crippen LogP contribution is 2.20. The number of nitrogens with one attached hydrogen (secondary N) is 1. The van der Waals surface area contributed by atoms with Gasteiger partial charge >= 0.3 is 0 Å². The van der Waals surface area contributed by atoms with E-state index in [1.165, 1.54) is 0 Å². The molecule has 1 unspecified atom stereocenters. The van der Waals surface area contributed by atoms with Crippen molar-refractivity contribution in [3.8, 4) is 0 Å². The van der Waals surface area contributed by atoms with Crippen LogP contribution in [0.3, 0.4) is 0 Å². The van der Waals surface area contributed by atoms with Crippen LogP contribution in [0, 0.1) is 12.7 Å². The van der Waals surface area contributed by atoms with Crippen molar-refractivity contribution in [1.82, 2.24) is 9.55 Å². The van der Waals surface area contributed by atoms with E-state index >= 15 is 0 Å². The van der Waals surface area contributed by atoms with E-state index in [0.29, 0.717) is 5.56 Å². The molecule has 0 spiro atoms. The van der Waals surface area contributed by atoms with Crippen molar-refractivity contribution < 1.29 is 9.13 Å². The lowest BCUT2D eigenvalue weighted by molar-refractivity contribution is 0.190. The zero-order valence-electron chi connectivity index (χ0n) is 12.8. The molecule has 0 fully saturated rings. The van der Waals surface area contributed by atoms with Crippen LogP contribution >= 0.6 is 0 Å². The molecule has 2 aromatic rings. The Kier molecular flexibility index (Phi) is 5.33. The van der Waals surface area contributed by atoms with E-state index in [2.05, 4.69) is 10.3 Å². The molecule has 0 radical (unpaired) electrons. The minimum atomic E-state index is -0.176. The first-order chi connectivity index (χ1) is 10.1. The summed E-state index contributed by atoms with van der Waals surface area (Å²) in [5.74, 6) is 0.615. The predicted molar refractivity (Wildman–Crippen MR) is 81.9 cm³/mol. The largest absolute Gasteiger partial charge is 0.385 e. The molecular formula is C16H22FN3O. The van der Waals surface area contributed by atoms with E-state index in [-0.39, 0.29) is 11.9 Å². The lowest BCUT2D eigenvalue weighted by Crippen LogP contribution is -2.12. The molecular weight excluding hydrogens is 269 g/mol. The number of aryl methyl sites for hydroxylation is 2. The Hall–Kier alpha value is -1.88. The fourth-order valence-corrected chi connectivity index (χ4v) is 2.16. The highest BCUT2D eigenvalue weighted by Gasteiger charge is 2.10. The Balaban J connectivity index is 2.03. The van der Waals surface area contributed by atoms with Crippen molar-refractivity contribution in [3.63, 3.8) is 0 Å². The summed E-state index contributed by atoms with van der Waals surface area (Å²) in [7, 11) is 1.70. The van der Waals surface area contributed by atoms with Gasteiger partial charge in [0.2, 0.25) is 5.95 Å². The maximum Gasteiger partial charge on any atom is 0.203 e. The number of methoxy groups -OCH3 is 1. The van der Waals surface area contributed by atoms with E-state index < -0.39 is 0 Å². The first kappa shape index (κ1) is 15.5. The molecule has 1 heterocycles. The van der Waals surface area contributed by atoms with E-state index in [0.717, 1.165) is 31.1 Å². The van der Waals surface area contributed by atoms with Gasteiger partial charge in [-0.25, -0.2) is 9.37 Å². The van der Waals surface area contributed by atoms with E-state index in [1.807, 2.05) is 23.8 Å². The van der Waals surface area contributed by atoms with Gasteiger partial charge in [0.1, 0.15) is 5.82 Å². The molecule has 0 aliphatic rings. The van der Waals surface area contributed by atoms with E-state index in [9.17, 15) is 4.39 Å². The molecule has 1 atom stereocenters. The number of anilines is 1. The van der Waals surface area contributed by atoms with Crippen LogP contribution in [0.4, 0.5) is 10.3 Å². The normalized spacial score (nSPS) is 12.4. The van der Waals surface area contributed by atoms with Crippen molar-refractivity contribution >= 4 is 5.95 Å². The van der Waals surface area contributed by atoms with Crippen molar-refractivity contribution in [3.05, 3.63) is 47.5 Å². The monoisotopic (exact) mass is 291 g/mol. The first-order valence-electron chi connectivity index (χ1n) is 7.14. The molecule has 2 rings (SSSR count). The standard InChI is InChI=1S/C16H22FN3O/c1-12-5-6-14(11-15(12)17)13(2)19-16-18-7-9-20(16)8-4-10-21-3/h5-7,9,11,13H,4,8,10H2,1-3H3,(H,18,19). The number of nitrogens with zero attached hydrogens (tertiary/aromatic N) is 2. The van der Waals surface area contributed by atoms with Crippen LogP contribution < -0.4 is 5.32 Å². The van der Waals surface area contributed by atoms with Crippen molar-refractivity contribution in [2.45, 2.75) is 32.9 Å². The third kappa shape index (κ3) is 4.04. The number of hydrogen-bond acceptors (Lipinski definition) is 3. The van der Waals surface area contributed by atoms with Crippen LogP contribution in [-0.2, 0) is 11.3 Å². The number of aromatic nitrogens is 2. The quantitative estimate of drug-likeness (QED) is 0.793. The molecule has 1 aromatic carbocycles. The molecule has 4 nitrogen and oxygen atoms in total. The Bertz CT molecular complexity index is 583. The summed E-state index contributed by atoms with van der Waals surface area (Å²) in [6.45, 7) is 5.32. The molecule has 5 heteroatoms. The second kappa shape index (κ2) is 7.22. The third-order valence-electron chi connectivity index (χ3n) is 3.50. The summed E-state index contributed by atoms with van der Waals surface area (Å²) in [4.78, 5) is 4.32. The van der Waals surface area contributed by atoms with Crippen LogP contribution in [0.25, 0.3) is 0 Å². The van der Waals surface area contributed by atoms with Crippen LogP contribution in [0.5, 0.6) is 0 Å². The number of halogens is 1. The Morgan fingerprint density at radius 1 is 1.43 bits per heavy atom. The average Bonchev–Trinajstić information content (AvgIpc) is 2.89. The Morgan fingerprint density at radius 3 is 2.95 bits per heavy atom. The molecule has 114 valence electrons. The maximum absolute atomic E-state index is 13.6. The topological polar surface area (TPSA) is 39.1 Å². The molecule has 0 aliphatic carbocycles. The van der Waals surface area contributed by atoms with Gasteiger partial charge in [0.05, 0.1) is 6.04 Å². The van der Waals surface area contributed by atoms with Gasteiger partial charge < -0.3 is 14.6 Å². The smallest absolute Gasteiger partial charge is 0.203 e. The summed E-state index contributed by atoms with van der Waals surface area (Å²) in [6, 6.07) is 5.30. The fraction of sp³-hybridized carbons (Fsp3) is 0.438. The maximum atomic E-state index is 13.6. The summed E-state index contributed by atoms with van der Waals surface area (Å²) in [5.41, 5.74) is 1.57. The van der Waals surface area contributed by atoms with Gasteiger partial charge in [-0.3, -0.25) is 0 Å². The lowest BCUT2D eigenvalue weighted by Gasteiger charge is -2.17. The van der Waals surface area contributed by atoms with Gasteiger partial charge in [-0.1, -0.05) is 12.1 Å². The van der Waals surface area contributed by atoms with Crippen LogP contribution in [0.2, 0.25) is 0 Å². The average molecular weight is 291 g/mol. The second-order valence-electron chi connectivity index (χ2n) is 5.17. The molecule has 0 saturated heterocycles. The van der Waals surface area contributed by atoms with Crippen molar-refractivity contribution in [2.24, 2.45) is 0 Å². The summed E-state index contributed by atoms with van der Waals surface area (Å²) >= 11 is 0. The zero-order valence-corrected chi connectivity index (χ0v) is 12.8. The minimum Gasteiger partial charge on any atom is -0.385 e. The lowest BCUT2D eigenvalue weighted by atomic mass is 10.1. The number of hydrogen-bond donors (Lipinski definition) is 1. The number of benzene rings is 1. The van der Waals surface area contributed by atoms with Gasteiger partial charge in [0.25, 0.3) is 0 Å². The van der Waals surface area contributed by atoms with Crippen molar-refractivity contribution in [2.75, 3.05) is 19.0 Å². The van der Waals surface area contributed by atoms with Crippen LogP contribution in [0.15, 0.2) is 30.6 Å². The molecule has 1 aromatic heterocycles. The van der Waals surface area contributed by atoms with Gasteiger partial charge in [-0.05, 0) is 37.5 Å². The molecule has 1 N–H and O–H groups in total. The highest BCUT2D eigenvalue weighted by molar-refractivity contribution is 5.34. The highest BCUT2D eigenvalue weighted by atomic mass is 19.1. The summed E-state index contributed by atoms with van der Waals surface area (Å²) in [6.07, 6.45) is 4.62. The molecule has 0 bridgehead atoms. The fourth-order valence-electron chi connectivity index (χ4n) is 2.16. The van der Waals surface area contributed by atoms with Crippen LogP contribution in [-0.4, -0.2) is 23.3 Å².